The number of para-hydroxylation sites is 1. The second-order valence-electron chi connectivity index (χ2n) is 4.92. The summed E-state index contributed by atoms with van der Waals surface area (Å²) in [5.74, 6) is 0.864. The molecule has 2 N–H and O–H groups in total. The van der Waals surface area contributed by atoms with Gasteiger partial charge in [-0.15, -0.1) is 0 Å². The van der Waals surface area contributed by atoms with Crippen LogP contribution in [-0.2, 0) is 0 Å². The van der Waals surface area contributed by atoms with Gasteiger partial charge in [-0.2, -0.15) is 0 Å². The lowest BCUT2D eigenvalue weighted by molar-refractivity contribution is 0.414. The molecule has 2 aromatic rings. The van der Waals surface area contributed by atoms with Crippen LogP contribution in [-0.4, -0.2) is 20.7 Å². The van der Waals surface area contributed by atoms with E-state index in [2.05, 4.69) is 55.3 Å². The fourth-order valence-corrected chi connectivity index (χ4v) is 2.47. The third kappa shape index (κ3) is 2.94. The molecule has 0 saturated carbocycles. The monoisotopic (exact) mass is 270 g/mol. The first-order valence-electron chi connectivity index (χ1n) is 6.80. The van der Waals surface area contributed by atoms with Crippen molar-refractivity contribution in [3.05, 3.63) is 59.7 Å². The Morgan fingerprint density at radius 3 is 2.30 bits per heavy atom. The summed E-state index contributed by atoms with van der Waals surface area (Å²) in [7, 11) is 3.76. The summed E-state index contributed by atoms with van der Waals surface area (Å²) in [6.45, 7) is 2.69. The number of hydrogen-bond acceptors (Lipinski definition) is 3. The predicted molar refractivity (Wildman–Crippen MR) is 84.4 cm³/mol. The van der Waals surface area contributed by atoms with Crippen LogP contribution >= 0.6 is 0 Å². The van der Waals surface area contributed by atoms with Crippen molar-refractivity contribution in [2.45, 2.75) is 13.0 Å². The van der Waals surface area contributed by atoms with Crippen LogP contribution in [0.5, 0.6) is 5.75 Å². The number of anilines is 1. The molecule has 0 aromatic heterocycles. The maximum absolute atomic E-state index is 5.99. The standard InChI is InChI=1S/C17H22N2O/c1-13-6-4-5-7-16(13)19(2)17(12-18)14-8-10-15(20-3)11-9-14/h4-11,17H,12,18H2,1-3H3. The molecule has 3 nitrogen and oxygen atoms in total. The fourth-order valence-electron chi connectivity index (χ4n) is 2.47. The quantitative estimate of drug-likeness (QED) is 0.907. The van der Waals surface area contributed by atoms with Crippen molar-refractivity contribution in [3.63, 3.8) is 0 Å². The summed E-state index contributed by atoms with van der Waals surface area (Å²) in [5.41, 5.74) is 9.64. The summed E-state index contributed by atoms with van der Waals surface area (Å²) >= 11 is 0. The van der Waals surface area contributed by atoms with Gasteiger partial charge in [0.05, 0.1) is 13.2 Å². The molecule has 0 aliphatic carbocycles. The Labute approximate surface area is 121 Å². The first-order chi connectivity index (χ1) is 9.67. The Bertz CT molecular complexity index is 551. The SMILES string of the molecule is COc1ccc(C(CN)N(C)c2ccccc2C)cc1. The van der Waals surface area contributed by atoms with Gasteiger partial charge >= 0.3 is 0 Å². The Hall–Kier alpha value is -2.00. The van der Waals surface area contributed by atoms with E-state index < -0.39 is 0 Å². The number of likely N-dealkylation sites (N-methyl/N-ethyl adjacent to an activating group) is 1. The fraction of sp³-hybridized carbons (Fsp3) is 0.294. The number of aryl methyl sites for hydroxylation is 1. The number of nitrogens with zero attached hydrogens (tertiary/aromatic N) is 1. The highest BCUT2D eigenvalue weighted by Crippen LogP contribution is 2.28. The topological polar surface area (TPSA) is 38.5 Å². The van der Waals surface area contributed by atoms with Gasteiger partial charge in [0.2, 0.25) is 0 Å². The zero-order valence-electron chi connectivity index (χ0n) is 12.3. The summed E-state index contributed by atoms with van der Waals surface area (Å²) in [4.78, 5) is 2.23. The normalized spacial score (nSPS) is 12.0. The van der Waals surface area contributed by atoms with Gasteiger partial charge in [-0.3, -0.25) is 0 Å². The molecule has 106 valence electrons. The van der Waals surface area contributed by atoms with Gasteiger partial charge in [0.25, 0.3) is 0 Å². The average Bonchev–Trinajstić information content (AvgIpc) is 2.49. The molecule has 0 saturated heterocycles. The first kappa shape index (κ1) is 14.4. The second-order valence-corrected chi connectivity index (χ2v) is 4.92. The molecule has 1 atom stereocenters. The molecular weight excluding hydrogens is 248 g/mol. The van der Waals surface area contributed by atoms with Crippen LogP contribution in [0.2, 0.25) is 0 Å². The van der Waals surface area contributed by atoms with Crippen LogP contribution in [0, 0.1) is 6.92 Å². The number of rotatable bonds is 5. The van der Waals surface area contributed by atoms with Crippen molar-refractivity contribution in [3.8, 4) is 5.75 Å². The zero-order valence-corrected chi connectivity index (χ0v) is 12.3. The van der Waals surface area contributed by atoms with Crippen molar-refractivity contribution in [2.24, 2.45) is 5.73 Å². The Morgan fingerprint density at radius 2 is 1.75 bits per heavy atom. The molecule has 0 bridgehead atoms. The van der Waals surface area contributed by atoms with Crippen LogP contribution in [0.25, 0.3) is 0 Å². The van der Waals surface area contributed by atoms with E-state index in [1.54, 1.807) is 7.11 Å². The molecule has 1 unspecified atom stereocenters. The molecule has 20 heavy (non-hydrogen) atoms. The minimum atomic E-state index is 0.155. The molecular formula is C17H22N2O. The molecule has 0 fully saturated rings. The van der Waals surface area contributed by atoms with Gasteiger partial charge in [0.15, 0.2) is 0 Å². The van der Waals surface area contributed by atoms with Gasteiger partial charge < -0.3 is 15.4 Å². The Kier molecular flexibility index (Phi) is 4.64. The van der Waals surface area contributed by atoms with Crippen LogP contribution in [0.15, 0.2) is 48.5 Å². The molecule has 3 heteroatoms. The van der Waals surface area contributed by atoms with E-state index in [-0.39, 0.29) is 6.04 Å². The predicted octanol–water partition coefficient (Wildman–Crippen LogP) is 3.14. The van der Waals surface area contributed by atoms with Crippen LogP contribution in [0.3, 0.4) is 0 Å². The minimum absolute atomic E-state index is 0.155. The lowest BCUT2D eigenvalue weighted by atomic mass is 10.0. The third-order valence-electron chi connectivity index (χ3n) is 3.69. The van der Waals surface area contributed by atoms with Crippen LogP contribution < -0.4 is 15.4 Å². The van der Waals surface area contributed by atoms with Crippen molar-refractivity contribution in [1.82, 2.24) is 0 Å². The second kappa shape index (κ2) is 6.44. The molecule has 0 spiro atoms. The van der Waals surface area contributed by atoms with Crippen LogP contribution in [0.1, 0.15) is 17.2 Å². The Morgan fingerprint density at radius 1 is 1.10 bits per heavy atom. The van der Waals surface area contributed by atoms with Crippen molar-refractivity contribution in [2.75, 3.05) is 25.6 Å². The van der Waals surface area contributed by atoms with E-state index in [9.17, 15) is 0 Å². The highest BCUT2D eigenvalue weighted by atomic mass is 16.5. The largest absolute Gasteiger partial charge is 0.497 e. The molecule has 0 aliphatic rings. The van der Waals surface area contributed by atoms with Gasteiger partial charge in [-0.1, -0.05) is 30.3 Å². The third-order valence-corrected chi connectivity index (χ3v) is 3.69. The zero-order chi connectivity index (χ0) is 14.5. The summed E-state index contributed by atoms with van der Waals surface area (Å²) in [6, 6.07) is 16.6. The van der Waals surface area contributed by atoms with E-state index in [0.717, 1.165) is 5.75 Å². The van der Waals surface area contributed by atoms with Gasteiger partial charge in [-0.05, 0) is 36.2 Å². The average molecular weight is 270 g/mol. The Balaban J connectivity index is 2.29. The molecule has 0 amide bonds. The number of benzene rings is 2. The summed E-state index contributed by atoms with van der Waals surface area (Å²) in [5, 5.41) is 0. The highest BCUT2D eigenvalue weighted by Gasteiger charge is 2.17. The van der Waals surface area contributed by atoms with E-state index in [0.29, 0.717) is 6.54 Å². The summed E-state index contributed by atoms with van der Waals surface area (Å²) < 4.78 is 5.20. The van der Waals surface area contributed by atoms with Crippen molar-refractivity contribution < 1.29 is 4.74 Å². The molecule has 0 aliphatic heterocycles. The number of methoxy groups -OCH3 is 1. The van der Waals surface area contributed by atoms with E-state index in [1.807, 2.05) is 12.1 Å². The number of hydrogen-bond donors (Lipinski definition) is 1. The van der Waals surface area contributed by atoms with E-state index in [4.69, 9.17) is 10.5 Å². The summed E-state index contributed by atoms with van der Waals surface area (Å²) in [6.07, 6.45) is 0. The smallest absolute Gasteiger partial charge is 0.118 e. The first-order valence-corrected chi connectivity index (χ1v) is 6.80. The van der Waals surface area contributed by atoms with E-state index in [1.165, 1.54) is 16.8 Å². The number of ether oxygens (including phenoxy) is 1. The number of nitrogens with two attached hydrogens (primary N) is 1. The van der Waals surface area contributed by atoms with Gasteiger partial charge in [-0.25, -0.2) is 0 Å². The van der Waals surface area contributed by atoms with Crippen molar-refractivity contribution in [1.29, 1.82) is 0 Å². The van der Waals surface area contributed by atoms with Crippen molar-refractivity contribution >= 4 is 5.69 Å². The van der Waals surface area contributed by atoms with Gasteiger partial charge in [0.1, 0.15) is 5.75 Å². The van der Waals surface area contributed by atoms with Gasteiger partial charge in [0, 0.05) is 19.3 Å². The maximum atomic E-state index is 5.99. The lowest BCUT2D eigenvalue weighted by Gasteiger charge is -2.30. The molecule has 2 aromatic carbocycles. The molecule has 0 radical (unpaired) electrons. The molecule has 0 heterocycles. The van der Waals surface area contributed by atoms with Crippen LogP contribution in [0.4, 0.5) is 5.69 Å². The minimum Gasteiger partial charge on any atom is -0.497 e. The maximum Gasteiger partial charge on any atom is 0.118 e. The highest BCUT2D eigenvalue weighted by molar-refractivity contribution is 5.54. The lowest BCUT2D eigenvalue weighted by Crippen LogP contribution is -2.30. The molecule has 2 rings (SSSR count). The van der Waals surface area contributed by atoms with E-state index >= 15 is 0 Å².